The maximum absolute atomic E-state index is 5.26. The number of ether oxygens (including phenoxy) is 1. The van der Waals surface area contributed by atoms with Gasteiger partial charge in [-0.3, -0.25) is 4.90 Å². The highest BCUT2D eigenvalue weighted by Crippen LogP contribution is 2.16. The van der Waals surface area contributed by atoms with E-state index in [2.05, 4.69) is 22.3 Å². The Hall–Kier alpha value is -0.910. The van der Waals surface area contributed by atoms with Gasteiger partial charge in [0.25, 0.3) is 0 Å². The molecule has 0 saturated carbocycles. The van der Waals surface area contributed by atoms with E-state index in [-0.39, 0.29) is 0 Å². The van der Waals surface area contributed by atoms with Crippen LogP contribution in [-0.4, -0.2) is 42.8 Å². The standard InChI is InChI=1S/C14H25N3O2/c1-3-8-17(13-4-6-15-7-5-13)10-12-9-14(11-18-2)19-16-12/h9,13,15H,3-8,10-11H2,1-2H3. The maximum Gasteiger partial charge on any atom is 0.162 e. The van der Waals surface area contributed by atoms with E-state index in [1.165, 1.54) is 19.3 Å². The van der Waals surface area contributed by atoms with Crippen LogP contribution in [0.1, 0.15) is 37.6 Å². The lowest BCUT2D eigenvalue weighted by molar-refractivity contribution is 0.147. The van der Waals surface area contributed by atoms with Gasteiger partial charge in [-0.1, -0.05) is 12.1 Å². The number of piperidine rings is 1. The third-order valence-electron chi connectivity index (χ3n) is 3.60. The number of aromatic nitrogens is 1. The average molecular weight is 267 g/mol. The van der Waals surface area contributed by atoms with Crippen molar-refractivity contribution in [1.29, 1.82) is 0 Å². The predicted molar refractivity (Wildman–Crippen MR) is 73.8 cm³/mol. The number of methoxy groups -OCH3 is 1. The van der Waals surface area contributed by atoms with Gasteiger partial charge in [-0.2, -0.15) is 0 Å². The molecule has 0 bridgehead atoms. The van der Waals surface area contributed by atoms with Gasteiger partial charge in [0.1, 0.15) is 6.61 Å². The van der Waals surface area contributed by atoms with Gasteiger partial charge in [0.2, 0.25) is 0 Å². The van der Waals surface area contributed by atoms with E-state index in [1.807, 2.05) is 6.07 Å². The van der Waals surface area contributed by atoms with Crippen LogP contribution in [0.2, 0.25) is 0 Å². The van der Waals surface area contributed by atoms with Crippen LogP contribution in [0.25, 0.3) is 0 Å². The number of hydrogen-bond donors (Lipinski definition) is 1. The van der Waals surface area contributed by atoms with Crippen molar-refractivity contribution in [1.82, 2.24) is 15.4 Å². The highest BCUT2D eigenvalue weighted by molar-refractivity contribution is 5.04. The van der Waals surface area contributed by atoms with Crippen molar-refractivity contribution in [2.24, 2.45) is 0 Å². The molecule has 1 aliphatic rings. The molecule has 108 valence electrons. The largest absolute Gasteiger partial charge is 0.377 e. The molecule has 2 rings (SSSR count). The highest BCUT2D eigenvalue weighted by atomic mass is 16.5. The Morgan fingerprint density at radius 1 is 1.47 bits per heavy atom. The number of rotatable bonds is 7. The van der Waals surface area contributed by atoms with Crippen LogP contribution in [-0.2, 0) is 17.9 Å². The molecule has 0 aliphatic carbocycles. The van der Waals surface area contributed by atoms with Crippen molar-refractivity contribution in [3.63, 3.8) is 0 Å². The van der Waals surface area contributed by atoms with Crippen LogP contribution in [0, 0.1) is 0 Å². The minimum absolute atomic E-state index is 0.494. The van der Waals surface area contributed by atoms with Gasteiger partial charge in [-0.05, 0) is 38.9 Å². The fraction of sp³-hybridized carbons (Fsp3) is 0.786. The van der Waals surface area contributed by atoms with Crippen LogP contribution >= 0.6 is 0 Å². The Balaban J connectivity index is 1.94. The molecule has 0 atom stereocenters. The van der Waals surface area contributed by atoms with Crippen molar-refractivity contribution in [3.8, 4) is 0 Å². The summed E-state index contributed by atoms with van der Waals surface area (Å²) in [6.07, 6.45) is 3.62. The van der Waals surface area contributed by atoms with E-state index >= 15 is 0 Å². The quantitative estimate of drug-likeness (QED) is 0.816. The molecule has 19 heavy (non-hydrogen) atoms. The van der Waals surface area contributed by atoms with Crippen LogP contribution in [0.4, 0.5) is 0 Å². The molecule has 1 aliphatic heterocycles. The highest BCUT2D eigenvalue weighted by Gasteiger charge is 2.21. The van der Waals surface area contributed by atoms with E-state index in [0.29, 0.717) is 12.6 Å². The number of hydrogen-bond acceptors (Lipinski definition) is 5. The molecule has 1 aromatic rings. The summed E-state index contributed by atoms with van der Waals surface area (Å²) >= 11 is 0. The number of nitrogens with zero attached hydrogens (tertiary/aromatic N) is 2. The Labute approximate surface area is 115 Å². The first-order valence-electron chi connectivity index (χ1n) is 7.21. The average Bonchev–Trinajstić information content (AvgIpc) is 2.87. The van der Waals surface area contributed by atoms with Gasteiger partial charge in [0, 0.05) is 25.8 Å². The normalized spacial score (nSPS) is 17.2. The van der Waals surface area contributed by atoms with Crippen molar-refractivity contribution >= 4 is 0 Å². The molecule has 2 heterocycles. The van der Waals surface area contributed by atoms with Gasteiger partial charge in [0.05, 0.1) is 5.69 Å². The number of nitrogens with one attached hydrogen (secondary N) is 1. The van der Waals surface area contributed by atoms with Crippen molar-refractivity contribution in [2.75, 3.05) is 26.7 Å². The molecule has 1 N–H and O–H groups in total. The molecule has 1 saturated heterocycles. The predicted octanol–water partition coefficient (Wildman–Crippen LogP) is 1.78. The Kier molecular flexibility index (Phi) is 5.82. The van der Waals surface area contributed by atoms with Crippen LogP contribution < -0.4 is 5.32 Å². The first kappa shape index (κ1) is 14.5. The molecule has 0 radical (unpaired) electrons. The fourth-order valence-electron chi connectivity index (χ4n) is 2.70. The second-order valence-electron chi connectivity index (χ2n) is 5.17. The van der Waals surface area contributed by atoms with Crippen LogP contribution in [0.5, 0.6) is 0 Å². The smallest absolute Gasteiger partial charge is 0.162 e. The Bertz CT molecular complexity index is 361. The molecule has 0 amide bonds. The molecular weight excluding hydrogens is 242 g/mol. The monoisotopic (exact) mass is 267 g/mol. The Morgan fingerprint density at radius 2 is 2.26 bits per heavy atom. The van der Waals surface area contributed by atoms with Gasteiger partial charge in [0.15, 0.2) is 5.76 Å². The molecular formula is C14H25N3O2. The lowest BCUT2D eigenvalue weighted by atomic mass is 10.0. The molecule has 5 nitrogen and oxygen atoms in total. The summed E-state index contributed by atoms with van der Waals surface area (Å²) in [4.78, 5) is 2.54. The van der Waals surface area contributed by atoms with E-state index < -0.39 is 0 Å². The third kappa shape index (κ3) is 4.30. The van der Waals surface area contributed by atoms with E-state index in [0.717, 1.165) is 37.6 Å². The summed E-state index contributed by atoms with van der Waals surface area (Å²) in [6.45, 7) is 6.97. The van der Waals surface area contributed by atoms with E-state index in [9.17, 15) is 0 Å². The summed E-state index contributed by atoms with van der Waals surface area (Å²) < 4.78 is 10.3. The summed E-state index contributed by atoms with van der Waals surface area (Å²) in [7, 11) is 1.67. The topological polar surface area (TPSA) is 50.5 Å². The molecule has 5 heteroatoms. The van der Waals surface area contributed by atoms with Crippen LogP contribution in [0.3, 0.4) is 0 Å². The lowest BCUT2D eigenvalue weighted by Crippen LogP contribution is -2.43. The molecule has 1 aromatic heterocycles. The van der Waals surface area contributed by atoms with Gasteiger partial charge < -0.3 is 14.6 Å². The lowest BCUT2D eigenvalue weighted by Gasteiger charge is -2.33. The SMILES string of the molecule is CCCN(Cc1cc(COC)on1)C1CCNCC1. The molecule has 0 aromatic carbocycles. The second kappa shape index (κ2) is 7.62. The first-order chi connectivity index (χ1) is 9.33. The summed E-state index contributed by atoms with van der Waals surface area (Å²) in [5.41, 5.74) is 1.01. The molecule has 0 unspecified atom stereocenters. The van der Waals surface area contributed by atoms with Gasteiger partial charge >= 0.3 is 0 Å². The second-order valence-corrected chi connectivity index (χ2v) is 5.17. The van der Waals surface area contributed by atoms with E-state index in [1.54, 1.807) is 7.11 Å². The Morgan fingerprint density at radius 3 is 2.95 bits per heavy atom. The minimum Gasteiger partial charge on any atom is -0.377 e. The van der Waals surface area contributed by atoms with Crippen molar-refractivity contribution in [2.45, 2.75) is 45.4 Å². The zero-order chi connectivity index (χ0) is 13.5. The van der Waals surface area contributed by atoms with Crippen molar-refractivity contribution < 1.29 is 9.26 Å². The minimum atomic E-state index is 0.494. The summed E-state index contributed by atoms with van der Waals surface area (Å²) in [5.74, 6) is 0.805. The zero-order valence-corrected chi connectivity index (χ0v) is 12.0. The van der Waals surface area contributed by atoms with Crippen LogP contribution in [0.15, 0.2) is 10.6 Å². The third-order valence-corrected chi connectivity index (χ3v) is 3.60. The molecule has 1 fully saturated rings. The summed E-state index contributed by atoms with van der Waals surface area (Å²) in [6, 6.07) is 2.68. The first-order valence-corrected chi connectivity index (χ1v) is 7.21. The zero-order valence-electron chi connectivity index (χ0n) is 12.0. The van der Waals surface area contributed by atoms with Gasteiger partial charge in [-0.25, -0.2) is 0 Å². The van der Waals surface area contributed by atoms with Gasteiger partial charge in [-0.15, -0.1) is 0 Å². The van der Waals surface area contributed by atoms with E-state index in [4.69, 9.17) is 9.26 Å². The molecule has 0 spiro atoms. The fourth-order valence-corrected chi connectivity index (χ4v) is 2.70. The maximum atomic E-state index is 5.26. The summed E-state index contributed by atoms with van der Waals surface area (Å²) in [5, 5.41) is 7.56. The van der Waals surface area contributed by atoms with Crippen molar-refractivity contribution in [3.05, 3.63) is 17.5 Å².